The summed E-state index contributed by atoms with van der Waals surface area (Å²) in [4.78, 5) is 39.3. The number of ketones is 1. The Morgan fingerprint density at radius 1 is 1.00 bits per heavy atom. The van der Waals surface area contributed by atoms with Crippen molar-refractivity contribution in [3.8, 4) is 0 Å². The summed E-state index contributed by atoms with van der Waals surface area (Å²) in [6, 6.07) is 9.04. The quantitative estimate of drug-likeness (QED) is 0.778. The fourth-order valence-electron chi connectivity index (χ4n) is 2.58. The molecular weight excluding hydrogens is 294 g/mol. The van der Waals surface area contributed by atoms with E-state index in [4.69, 9.17) is 0 Å². The van der Waals surface area contributed by atoms with E-state index in [2.05, 4.69) is 5.32 Å². The maximum atomic E-state index is 12.2. The first kappa shape index (κ1) is 17.1. The standard InChI is InChI=1S/C17H23N3O3/c1-18-16(22)13-19-9-11-20(12-10-19)17(23)8-7-15(21)14-5-3-2-4-6-14/h2-6H,7-13H2,1H3,(H,18,22). The van der Waals surface area contributed by atoms with Crippen LogP contribution >= 0.6 is 0 Å². The van der Waals surface area contributed by atoms with Gasteiger partial charge in [0.1, 0.15) is 0 Å². The number of Topliss-reactive ketones (excluding diaryl/α,β-unsaturated/α-hetero) is 1. The summed E-state index contributed by atoms with van der Waals surface area (Å²) in [5.41, 5.74) is 0.649. The molecule has 2 amide bonds. The molecular formula is C17H23N3O3. The molecule has 6 nitrogen and oxygen atoms in total. The van der Waals surface area contributed by atoms with Crippen LogP contribution in [-0.2, 0) is 9.59 Å². The normalized spacial score (nSPS) is 15.3. The van der Waals surface area contributed by atoms with E-state index in [0.717, 1.165) is 0 Å². The lowest BCUT2D eigenvalue weighted by Crippen LogP contribution is -2.50. The zero-order valence-corrected chi connectivity index (χ0v) is 13.5. The van der Waals surface area contributed by atoms with E-state index in [1.807, 2.05) is 23.1 Å². The number of likely N-dealkylation sites (N-methyl/N-ethyl adjacent to an activating group) is 1. The highest BCUT2D eigenvalue weighted by Crippen LogP contribution is 2.09. The van der Waals surface area contributed by atoms with Crippen LogP contribution in [0.15, 0.2) is 30.3 Å². The third-order valence-electron chi connectivity index (χ3n) is 4.03. The summed E-state index contributed by atoms with van der Waals surface area (Å²) in [6.07, 6.45) is 0.477. The fourth-order valence-corrected chi connectivity index (χ4v) is 2.58. The van der Waals surface area contributed by atoms with Gasteiger partial charge in [0.15, 0.2) is 5.78 Å². The molecule has 1 aromatic carbocycles. The molecule has 1 heterocycles. The van der Waals surface area contributed by atoms with Crippen LogP contribution in [0.3, 0.4) is 0 Å². The molecule has 124 valence electrons. The minimum atomic E-state index is -0.0155. The first-order valence-corrected chi connectivity index (χ1v) is 7.89. The van der Waals surface area contributed by atoms with Gasteiger partial charge in [0.25, 0.3) is 0 Å². The average molecular weight is 317 g/mol. The van der Waals surface area contributed by atoms with Crippen LogP contribution < -0.4 is 5.32 Å². The first-order chi connectivity index (χ1) is 11.1. The Kier molecular flexibility index (Phi) is 6.29. The molecule has 0 atom stereocenters. The molecule has 0 spiro atoms. The smallest absolute Gasteiger partial charge is 0.233 e. The van der Waals surface area contributed by atoms with Gasteiger partial charge < -0.3 is 10.2 Å². The molecule has 2 rings (SSSR count). The van der Waals surface area contributed by atoms with Crippen molar-refractivity contribution < 1.29 is 14.4 Å². The van der Waals surface area contributed by atoms with Crippen molar-refractivity contribution in [3.63, 3.8) is 0 Å². The second-order valence-electron chi connectivity index (χ2n) is 5.62. The molecule has 1 aliphatic heterocycles. The van der Waals surface area contributed by atoms with Crippen LogP contribution in [0.5, 0.6) is 0 Å². The van der Waals surface area contributed by atoms with Crippen LogP contribution in [0, 0.1) is 0 Å². The van der Waals surface area contributed by atoms with Gasteiger partial charge >= 0.3 is 0 Å². The summed E-state index contributed by atoms with van der Waals surface area (Å²) in [5, 5.41) is 2.60. The Bertz CT molecular complexity index is 551. The van der Waals surface area contributed by atoms with Gasteiger partial charge in [-0.15, -0.1) is 0 Å². The topological polar surface area (TPSA) is 69.7 Å². The van der Waals surface area contributed by atoms with Gasteiger partial charge in [0, 0.05) is 51.6 Å². The van der Waals surface area contributed by atoms with Crippen molar-refractivity contribution in [2.24, 2.45) is 0 Å². The molecule has 23 heavy (non-hydrogen) atoms. The highest BCUT2D eigenvalue weighted by Gasteiger charge is 2.22. The second kappa shape index (κ2) is 8.43. The van der Waals surface area contributed by atoms with Crippen LogP contribution in [0.4, 0.5) is 0 Å². The van der Waals surface area contributed by atoms with E-state index in [9.17, 15) is 14.4 Å². The predicted molar refractivity (Wildman–Crippen MR) is 87.1 cm³/mol. The zero-order chi connectivity index (χ0) is 16.7. The fraction of sp³-hybridized carbons (Fsp3) is 0.471. The van der Waals surface area contributed by atoms with Crippen molar-refractivity contribution in [2.75, 3.05) is 39.8 Å². The molecule has 1 N–H and O–H groups in total. The van der Waals surface area contributed by atoms with Gasteiger partial charge in [-0.1, -0.05) is 30.3 Å². The maximum Gasteiger partial charge on any atom is 0.233 e. The summed E-state index contributed by atoms with van der Waals surface area (Å²) in [6.45, 7) is 2.95. The Morgan fingerprint density at radius 2 is 1.65 bits per heavy atom. The molecule has 0 saturated carbocycles. The minimum Gasteiger partial charge on any atom is -0.358 e. The highest BCUT2D eigenvalue weighted by atomic mass is 16.2. The number of nitrogens with one attached hydrogen (secondary N) is 1. The lowest BCUT2D eigenvalue weighted by atomic mass is 10.1. The Balaban J connectivity index is 1.73. The van der Waals surface area contributed by atoms with Crippen molar-refractivity contribution in [1.82, 2.24) is 15.1 Å². The zero-order valence-electron chi connectivity index (χ0n) is 13.5. The van der Waals surface area contributed by atoms with E-state index in [-0.39, 0.29) is 30.4 Å². The number of amides is 2. The Hall–Kier alpha value is -2.21. The number of carbonyl (C=O) groups excluding carboxylic acids is 3. The average Bonchev–Trinajstić information content (AvgIpc) is 2.60. The van der Waals surface area contributed by atoms with Gasteiger partial charge in [0.2, 0.25) is 11.8 Å². The van der Waals surface area contributed by atoms with Gasteiger partial charge in [-0.25, -0.2) is 0 Å². The van der Waals surface area contributed by atoms with E-state index < -0.39 is 0 Å². The van der Waals surface area contributed by atoms with Crippen molar-refractivity contribution >= 4 is 17.6 Å². The molecule has 1 aromatic rings. The highest BCUT2D eigenvalue weighted by molar-refractivity contribution is 5.97. The summed E-state index contributed by atoms with van der Waals surface area (Å²) in [5.74, 6) is -0.00990. The van der Waals surface area contributed by atoms with Crippen molar-refractivity contribution in [2.45, 2.75) is 12.8 Å². The lowest BCUT2D eigenvalue weighted by molar-refractivity contribution is -0.133. The van der Waals surface area contributed by atoms with Crippen LogP contribution in [0.1, 0.15) is 23.2 Å². The number of benzene rings is 1. The molecule has 1 saturated heterocycles. The van der Waals surface area contributed by atoms with Crippen molar-refractivity contribution in [3.05, 3.63) is 35.9 Å². The Labute approximate surface area is 136 Å². The van der Waals surface area contributed by atoms with E-state index in [1.165, 1.54) is 0 Å². The monoisotopic (exact) mass is 317 g/mol. The predicted octanol–water partition coefficient (Wildman–Crippen LogP) is 0.540. The summed E-state index contributed by atoms with van der Waals surface area (Å²) in [7, 11) is 1.62. The van der Waals surface area contributed by atoms with Gasteiger partial charge in [-0.05, 0) is 0 Å². The number of rotatable bonds is 6. The number of hydrogen-bond donors (Lipinski definition) is 1. The first-order valence-electron chi connectivity index (χ1n) is 7.89. The molecule has 0 bridgehead atoms. The summed E-state index contributed by atoms with van der Waals surface area (Å²) >= 11 is 0. The number of piperazine rings is 1. The van der Waals surface area contributed by atoms with Gasteiger partial charge in [-0.3, -0.25) is 19.3 Å². The molecule has 0 radical (unpaired) electrons. The maximum absolute atomic E-state index is 12.2. The molecule has 0 aromatic heterocycles. The third-order valence-corrected chi connectivity index (χ3v) is 4.03. The van der Waals surface area contributed by atoms with E-state index >= 15 is 0 Å². The molecule has 6 heteroatoms. The molecule has 0 aliphatic carbocycles. The van der Waals surface area contributed by atoms with Crippen LogP contribution in [0.2, 0.25) is 0 Å². The van der Waals surface area contributed by atoms with Crippen LogP contribution in [0.25, 0.3) is 0 Å². The third kappa shape index (κ3) is 5.17. The minimum absolute atomic E-state index is 0.00259. The second-order valence-corrected chi connectivity index (χ2v) is 5.62. The number of carbonyl (C=O) groups is 3. The van der Waals surface area contributed by atoms with E-state index in [1.54, 1.807) is 24.1 Å². The van der Waals surface area contributed by atoms with E-state index in [0.29, 0.717) is 38.3 Å². The molecule has 0 unspecified atom stereocenters. The van der Waals surface area contributed by atoms with Gasteiger partial charge in [-0.2, -0.15) is 0 Å². The number of nitrogens with zero attached hydrogens (tertiary/aromatic N) is 2. The van der Waals surface area contributed by atoms with Gasteiger partial charge in [0.05, 0.1) is 6.54 Å². The number of hydrogen-bond acceptors (Lipinski definition) is 4. The molecule has 1 fully saturated rings. The Morgan fingerprint density at radius 3 is 2.26 bits per heavy atom. The van der Waals surface area contributed by atoms with Crippen molar-refractivity contribution in [1.29, 1.82) is 0 Å². The SMILES string of the molecule is CNC(=O)CN1CCN(C(=O)CCC(=O)c2ccccc2)CC1. The molecule has 1 aliphatic rings. The largest absolute Gasteiger partial charge is 0.358 e. The van der Waals surface area contributed by atoms with Crippen LogP contribution in [-0.4, -0.2) is 67.2 Å². The lowest BCUT2D eigenvalue weighted by Gasteiger charge is -2.34. The summed E-state index contributed by atoms with van der Waals surface area (Å²) < 4.78 is 0.